The van der Waals surface area contributed by atoms with Crippen LogP contribution < -0.4 is 0 Å². The highest BCUT2D eigenvalue weighted by Crippen LogP contribution is 2.14. The lowest BCUT2D eigenvalue weighted by Crippen LogP contribution is -2.39. The second-order valence-corrected chi connectivity index (χ2v) is 25.8. The van der Waals surface area contributed by atoms with Gasteiger partial charge in [-0.2, -0.15) is 9.88 Å². The van der Waals surface area contributed by atoms with E-state index in [0.717, 1.165) is 0 Å². The van der Waals surface area contributed by atoms with Gasteiger partial charge in [0.25, 0.3) is 5.95 Å². The monoisotopic (exact) mass is 1910 g/mol. The van der Waals surface area contributed by atoms with E-state index in [2.05, 4.69) is 52.6 Å². The minimum Gasteiger partial charge on any atom is -0.463 e. The molecule has 0 radical (unpaired) electrons. The Kier molecular flexibility index (Phi) is 137. The molecule has 0 heterocycles. The van der Waals surface area contributed by atoms with Gasteiger partial charge < -0.3 is 186 Å². The van der Waals surface area contributed by atoms with E-state index in [9.17, 15) is 75.4 Å². The number of ether oxygens (including phenoxy) is 21. The molecule has 0 aromatic carbocycles. The van der Waals surface area contributed by atoms with Crippen molar-refractivity contribution in [3.63, 3.8) is 0 Å². The summed E-state index contributed by atoms with van der Waals surface area (Å²) in [5.74, 6) is -0.00730. The topological polar surface area (TPSA) is 593 Å². The number of hydrogen-bond acceptors (Lipinski definition) is 44. The molecule has 0 aliphatic carbocycles. The summed E-state index contributed by atoms with van der Waals surface area (Å²) in [5, 5.41) is 164. The fourth-order valence-corrected chi connectivity index (χ4v) is 7.99. The number of rotatable bonds is 86. The van der Waals surface area contributed by atoms with Gasteiger partial charge in [0, 0.05) is 0 Å². The van der Waals surface area contributed by atoms with Gasteiger partial charge in [-0.3, -0.25) is 0 Å². The molecule has 0 amide bonds. The molecule has 0 saturated heterocycles. The average Bonchev–Trinajstić information content (AvgIpc) is 0.919. The summed E-state index contributed by atoms with van der Waals surface area (Å²) in [5.41, 5.74) is -0.666. The maximum Gasteiger partial charge on any atom is 0.272 e. The van der Waals surface area contributed by atoms with Crippen LogP contribution in [0.1, 0.15) is 95.0 Å². The van der Waals surface area contributed by atoms with Gasteiger partial charge in [-0.1, -0.05) is 74.3 Å². The van der Waals surface area contributed by atoms with Gasteiger partial charge in [0.15, 0.2) is 0 Å². The van der Waals surface area contributed by atoms with Crippen molar-refractivity contribution in [3.05, 3.63) is 38.8 Å². The number of aliphatic hydroxyl groups excluding tert-OH is 17. The van der Waals surface area contributed by atoms with Gasteiger partial charge in [-0.05, 0) is 36.4 Å². The minimum absolute atomic E-state index is 0. The SMILES string of the molecule is C.C.C.C.C.C.C.C.C.C.C=C.C=C.C=C(OCCOC(COOC)COOC)OC(COCCOF)COCCOF.CC(C)(C)OCC(COCC(COCC(COCC(O)CO)OCC(CO)OCC(O)CO)OCC(O)COCC(O)CO)OCC(COCC(COCC(CO)OCC(O)CO)OCC(O)COCC(O)CO)OCC(CO)OCC(O)CO. The Bertz CT molecular complexity index is 2040. The molecule has 0 aliphatic rings. The highest BCUT2D eigenvalue weighted by Gasteiger charge is 2.27. The Morgan fingerprint density at radius 3 is 0.773 bits per heavy atom. The first-order valence-corrected chi connectivity index (χ1v) is 37.9. The molecule has 0 saturated carbocycles. The first-order chi connectivity index (χ1) is 56.8. The average molecular weight is 1910 g/mol. The van der Waals surface area contributed by atoms with Gasteiger partial charge >= 0.3 is 0 Å². The third-order valence-electron chi connectivity index (χ3n) is 14.0. The molecule has 0 fully saturated rings. The number of halogens is 2. The minimum atomic E-state index is -1.24. The number of aliphatic hydroxyl groups is 17. The van der Waals surface area contributed by atoms with Crippen LogP contribution in [-0.4, -0.2) is 494 Å². The lowest BCUT2D eigenvalue weighted by molar-refractivity contribution is -0.318. The van der Waals surface area contributed by atoms with Gasteiger partial charge in [0.2, 0.25) is 0 Å². The molecule has 790 valence electrons. The zero-order chi connectivity index (χ0) is 89.3. The van der Waals surface area contributed by atoms with Crippen molar-refractivity contribution >= 4 is 0 Å². The summed E-state index contributed by atoms with van der Waals surface area (Å²) in [6.07, 6.45) is -17.9. The molecular formula is C82H184F2O44. The molecule has 0 spiro atoms. The van der Waals surface area contributed by atoms with E-state index in [4.69, 9.17) is 130 Å². The zero-order valence-corrected chi connectivity index (χ0v) is 69.0. The van der Waals surface area contributed by atoms with Gasteiger partial charge in [-0.25, -0.2) is 19.6 Å². The lowest BCUT2D eigenvalue weighted by atomic mass is 10.2. The van der Waals surface area contributed by atoms with E-state index in [1.54, 1.807) is 0 Å². The van der Waals surface area contributed by atoms with Crippen LogP contribution in [-0.2, 0) is 129 Å². The summed E-state index contributed by atoms with van der Waals surface area (Å²) in [6.45, 7) is 11.1. The maximum atomic E-state index is 11.6. The zero-order valence-electron chi connectivity index (χ0n) is 69.0. The summed E-state index contributed by atoms with van der Waals surface area (Å²) in [7, 11) is 2.75. The van der Waals surface area contributed by atoms with Crippen molar-refractivity contribution in [1.82, 2.24) is 0 Å². The van der Waals surface area contributed by atoms with E-state index in [-0.39, 0.29) is 298 Å². The standard InChI is InChI=1S/C52H106O33.C16H30F2O11.2C2H4.10CH4/c1-52(2,3)85-35-51(31-76-28-48(81-22-43(69)17-71-14-37(63)5-54)26-74-29-49(24-72-15-38(64)6-55)82-32-45(11-60)78-19-40(66)8-57)84-34-50(83-33-46(12-61)79-20-41(67)9-58)30-75-27-47(80-21-42(68)16-70-13-36(62)4-53)25-73-23-44(10-59)77-18-39(65)7-56;1-14(23-6-7-24-15(12-27-19-2)13-28-20-3)29-16(10-21-4-8-25-17)11-22-5-9-26-18;2*1-2;;;;;;;;;;/h36-51,53-69H,4-35H2,1-3H3;15-16H,1,4-13H2,2-3H3;2*1-2H2;10*1H4. The smallest absolute Gasteiger partial charge is 0.272 e. The van der Waals surface area contributed by atoms with Crippen molar-refractivity contribution in [2.45, 2.75) is 211 Å². The molecule has 16 unspecified atom stereocenters. The van der Waals surface area contributed by atoms with Crippen LogP contribution in [0.5, 0.6) is 0 Å². The Labute approximate surface area is 763 Å². The summed E-state index contributed by atoms with van der Waals surface area (Å²) in [6, 6.07) is 0. The first kappa shape index (κ1) is 156. The van der Waals surface area contributed by atoms with E-state index in [1.807, 2.05) is 20.8 Å². The maximum absolute atomic E-state index is 11.6. The molecule has 0 aliphatic heterocycles. The van der Waals surface area contributed by atoms with E-state index in [0.29, 0.717) is 0 Å². The Morgan fingerprint density at radius 1 is 0.250 bits per heavy atom. The van der Waals surface area contributed by atoms with Crippen molar-refractivity contribution in [2.75, 3.05) is 292 Å². The Balaban J connectivity index is -0.000000214. The predicted octanol–water partition coefficient (Wildman–Crippen LogP) is 0.0186. The predicted molar refractivity (Wildman–Crippen MR) is 472 cm³/mol. The third-order valence-corrected chi connectivity index (χ3v) is 14.0. The molecule has 44 nitrogen and oxygen atoms in total. The van der Waals surface area contributed by atoms with Crippen LogP contribution >= 0.6 is 0 Å². The second-order valence-electron chi connectivity index (χ2n) is 25.8. The lowest BCUT2D eigenvalue weighted by Gasteiger charge is -2.28. The van der Waals surface area contributed by atoms with E-state index in [1.165, 1.54) is 14.2 Å². The van der Waals surface area contributed by atoms with Gasteiger partial charge in [0.1, 0.15) is 143 Å². The van der Waals surface area contributed by atoms with Crippen molar-refractivity contribution < 1.29 is 225 Å². The highest BCUT2D eigenvalue weighted by molar-refractivity contribution is 4.74. The largest absolute Gasteiger partial charge is 0.463 e. The molecule has 128 heavy (non-hydrogen) atoms. The molecule has 0 bridgehead atoms. The van der Waals surface area contributed by atoms with Gasteiger partial charge in [0.05, 0.1) is 264 Å². The fraction of sp³-hybridized carbons (Fsp3) is 0.927. The molecule has 0 rings (SSSR count). The normalized spacial score (nSPS) is 14.7. The summed E-state index contributed by atoms with van der Waals surface area (Å²) >= 11 is 0. The van der Waals surface area contributed by atoms with Crippen molar-refractivity contribution in [1.29, 1.82) is 0 Å². The number of hydrogen-bond donors (Lipinski definition) is 17. The summed E-state index contributed by atoms with van der Waals surface area (Å²) in [4.78, 5) is 25.4. The van der Waals surface area contributed by atoms with Crippen LogP contribution in [0.15, 0.2) is 38.8 Å². The van der Waals surface area contributed by atoms with Crippen LogP contribution in [0.25, 0.3) is 0 Å². The molecule has 17 N–H and O–H groups in total. The van der Waals surface area contributed by atoms with Crippen LogP contribution in [0.2, 0.25) is 0 Å². The Hall–Kier alpha value is -3.00. The van der Waals surface area contributed by atoms with Crippen molar-refractivity contribution in [3.8, 4) is 0 Å². The van der Waals surface area contributed by atoms with Gasteiger partial charge in [-0.15, -0.1) is 26.3 Å². The first-order valence-electron chi connectivity index (χ1n) is 37.9. The quantitative estimate of drug-likeness (QED) is 0.0125. The molecule has 16 atom stereocenters. The summed E-state index contributed by atoms with van der Waals surface area (Å²) < 4.78 is 142. The fourth-order valence-electron chi connectivity index (χ4n) is 7.99. The molecule has 0 aromatic heterocycles. The molecule has 0 aromatic rings. The Morgan fingerprint density at radius 2 is 0.477 bits per heavy atom. The van der Waals surface area contributed by atoms with Crippen LogP contribution in [0, 0.1) is 0 Å². The third kappa shape index (κ3) is 102. The highest BCUT2D eigenvalue weighted by atomic mass is 19.3. The van der Waals surface area contributed by atoms with E-state index >= 15 is 0 Å². The van der Waals surface area contributed by atoms with E-state index < -0.39 is 175 Å². The van der Waals surface area contributed by atoms with Crippen molar-refractivity contribution in [2.24, 2.45) is 0 Å². The second kappa shape index (κ2) is 113. The van der Waals surface area contributed by atoms with Crippen LogP contribution in [0.3, 0.4) is 0 Å². The molecular weight excluding hydrogens is 1730 g/mol. The molecule has 46 heteroatoms. The van der Waals surface area contributed by atoms with Crippen LogP contribution in [0.4, 0.5) is 9.05 Å².